The van der Waals surface area contributed by atoms with Gasteiger partial charge in [-0.25, -0.2) is 4.39 Å². The van der Waals surface area contributed by atoms with E-state index < -0.39 is 5.41 Å². The van der Waals surface area contributed by atoms with Gasteiger partial charge in [0.1, 0.15) is 5.41 Å². The molecule has 1 aliphatic heterocycles. The van der Waals surface area contributed by atoms with Crippen molar-refractivity contribution >= 4 is 9.24 Å². The molecule has 0 saturated carbocycles. The van der Waals surface area contributed by atoms with Crippen LogP contribution in [0.25, 0.3) is 0 Å². The summed E-state index contributed by atoms with van der Waals surface area (Å²) in [6, 6.07) is 0. The predicted octanol–water partition coefficient (Wildman–Crippen LogP) is 1.89. The molecule has 10 heavy (non-hydrogen) atoms. The summed E-state index contributed by atoms with van der Waals surface area (Å²) in [6.07, 6.45) is 0.661. The van der Waals surface area contributed by atoms with Gasteiger partial charge in [-0.15, -0.1) is 0 Å². The zero-order valence-corrected chi connectivity index (χ0v) is 8.18. The maximum atomic E-state index is 12.8. The molecule has 1 heterocycles. The summed E-state index contributed by atoms with van der Waals surface area (Å²) in [5.41, 5.74) is 0. The average Bonchev–Trinajstić information content (AvgIpc) is 2.15. The fraction of sp³-hybridized carbons (Fsp3) is 1.00. The highest BCUT2D eigenvalue weighted by atomic mass is 31.0. The van der Waals surface area contributed by atoms with E-state index in [0.29, 0.717) is 13.0 Å². The quantitative estimate of drug-likeness (QED) is 0.495. The molecule has 0 amide bonds. The molecule has 62 valence electrons. The molecule has 1 aliphatic rings. The van der Waals surface area contributed by atoms with E-state index in [0.717, 1.165) is 6.54 Å². The Hall–Kier alpha value is 0.320. The van der Waals surface area contributed by atoms with Crippen molar-refractivity contribution in [1.82, 2.24) is 4.90 Å². The first kappa shape index (κ1) is 10.3. The summed E-state index contributed by atoms with van der Waals surface area (Å²) in [5.74, 6) is 0. The molecule has 1 nitrogen and oxygen atoms in total. The number of hydrogen-bond acceptors (Lipinski definition) is 1. The average molecular weight is 165 g/mol. The topological polar surface area (TPSA) is 3.24 Å². The van der Waals surface area contributed by atoms with Crippen molar-refractivity contribution in [2.24, 2.45) is 0 Å². The molecule has 0 spiro atoms. The molecule has 2 atom stereocenters. The van der Waals surface area contributed by atoms with Crippen LogP contribution in [0.2, 0.25) is 0 Å². The van der Waals surface area contributed by atoms with Crippen molar-refractivity contribution in [1.29, 1.82) is 0 Å². The van der Waals surface area contributed by atoms with Crippen LogP contribution in [-0.4, -0.2) is 30.4 Å². The van der Waals surface area contributed by atoms with E-state index in [1.807, 2.05) is 25.8 Å². The van der Waals surface area contributed by atoms with Gasteiger partial charge < -0.3 is 4.90 Å². The van der Waals surface area contributed by atoms with Crippen LogP contribution in [0.3, 0.4) is 0 Å². The third-order valence-corrected chi connectivity index (χ3v) is 1.91. The first-order valence-corrected chi connectivity index (χ1v) is 4.34. The second kappa shape index (κ2) is 4.25. The number of likely N-dealkylation sites (tertiary alicyclic amines) is 1. The normalized spacial score (nSPS) is 33.3. The molecule has 0 aliphatic carbocycles. The molecular weight excluding hydrogens is 148 g/mol. The summed E-state index contributed by atoms with van der Waals surface area (Å²) in [4.78, 5) is 1.99. The van der Waals surface area contributed by atoms with Crippen molar-refractivity contribution in [3.8, 4) is 0 Å². The molecule has 3 heteroatoms. The van der Waals surface area contributed by atoms with Crippen LogP contribution in [0.1, 0.15) is 20.3 Å². The third kappa shape index (κ3) is 3.48. The van der Waals surface area contributed by atoms with Gasteiger partial charge in [0.2, 0.25) is 0 Å². The van der Waals surface area contributed by atoms with Crippen LogP contribution in [0.4, 0.5) is 4.39 Å². The fourth-order valence-corrected chi connectivity index (χ4v) is 1.42. The highest BCUT2D eigenvalue weighted by molar-refractivity contribution is 7.18. The van der Waals surface area contributed by atoms with Gasteiger partial charge >= 0.3 is 0 Å². The van der Waals surface area contributed by atoms with Gasteiger partial charge in [-0.3, -0.25) is 0 Å². The van der Waals surface area contributed by atoms with Crippen LogP contribution in [0, 0.1) is 0 Å². The summed E-state index contributed by atoms with van der Waals surface area (Å²) in [7, 11) is 4.18. The first-order valence-electron chi connectivity index (χ1n) is 3.76. The van der Waals surface area contributed by atoms with Gasteiger partial charge in [0, 0.05) is 13.1 Å². The Bertz CT molecular complexity index is 95.6. The Morgan fingerprint density at radius 1 is 1.50 bits per heavy atom. The second-order valence-electron chi connectivity index (χ2n) is 2.52. The first-order chi connectivity index (χ1) is 4.60. The van der Waals surface area contributed by atoms with Crippen molar-refractivity contribution in [2.45, 2.75) is 25.7 Å². The molecule has 1 saturated heterocycles. The highest BCUT2D eigenvalue weighted by Crippen LogP contribution is 2.30. The van der Waals surface area contributed by atoms with Gasteiger partial charge in [-0.05, 0) is 13.5 Å². The lowest BCUT2D eigenvalue weighted by molar-refractivity contribution is 0.283. The summed E-state index contributed by atoms with van der Waals surface area (Å²) < 4.78 is 12.8. The van der Waals surface area contributed by atoms with Crippen molar-refractivity contribution in [2.75, 3.05) is 20.1 Å². The van der Waals surface area contributed by atoms with Crippen LogP contribution in [-0.2, 0) is 0 Å². The summed E-state index contributed by atoms with van der Waals surface area (Å²) in [6.45, 7) is 5.46. The molecule has 0 radical (unpaired) electrons. The zero-order chi connectivity index (χ0) is 8.20. The SMILES string of the molecule is CC.CN1CCC(F)(P)C1. The van der Waals surface area contributed by atoms with Crippen molar-refractivity contribution in [3.05, 3.63) is 0 Å². The Morgan fingerprint density at radius 2 is 2.00 bits per heavy atom. The van der Waals surface area contributed by atoms with Crippen LogP contribution in [0.15, 0.2) is 0 Å². The lowest BCUT2D eigenvalue weighted by Crippen LogP contribution is -2.19. The Labute approximate surface area is 65.2 Å². The number of alkyl halides is 1. The highest BCUT2D eigenvalue weighted by Gasteiger charge is 2.31. The fourth-order valence-electron chi connectivity index (χ4n) is 0.984. The van der Waals surface area contributed by atoms with Crippen LogP contribution in [0.5, 0.6) is 0 Å². The predicted molar refractivity (Wildman–Crippen MR) is 47.0 cm³/mol. The number of halogens is 1. The van der Waals surface area contributed by atoms with Crippen molar-refractivity contribution < 1.29 is 4.39 Å². The maximum Gasteiger partial charge on any atom is 0.137 e. The van der Waals surface area contributed by atoms with E-state index in [-0.39, 0.29) is 0 Å². The number of hydrogen-bond donors (Lipinski definition) is 0. The van der Waals surface area contributed by atoms with E-state index in [1.54, 1.807) is 0 Å². The van der Waals surface area contributed by atoms with Gasteiger partial charge in [0.25, 0.3) is 0 Å². The molecule has 0 aromatic carbocycles. The molecule has 0 N–H and O–H groups in total. The Kier molecular flexibility index (Phi) is 4.39. The van der Waals surface area contributed by atoms with E-state index in [1.165, 1.54) is 0 Å². The summed E-state index contributed by atoms with van der Waals surface area (Å²) >= 11 is 0. The molecule has 1 fully saturated rings. The number of rotatable bonds is 0. The minimum absolute atomic E-state index is 0.567. The molecule has 0 bridgehead atoms. The van der Waals surface area contributed by atoms with E-state index in [9.17, 15) is 4.39 Å². The largest absolute Gasteiger partial charge is 0.303 e. The van der Waals surface area contributed by atoms with Crippen molar-refractivity contribution in [3.63, 3.8) is 0 Å². The minimum atomic E-state index is -0.991. The molecule has 0 aromatic heterocycles. The lowest BCUT2D eigenvalue weighted by atomic mass is 10.3. The molecule has 0 aromatic rings. The molecule has 2 unspecified atom stereocenters. The Morgan fingerprint density at radius 3 is 2.10 bits per heavy atom. The van der Waals surface area contributed by atoms with Crippen LogP contribution >= 0.6 is 9.24 Å². The van der Waals surface area contributed by atoms with Gasteiger partial charge in [-0.1, -0.05) is 23.1 Å². The Balaban J connectivity index is 0.000000371. The lowest BCUT2D eigenvalue weighted by Gasteiger charge is -2.10. The van der Waals surface area contributed by atoms with E-state index in [2.05, 4.69) is 9.24 Å². The van der Waals surface area contributed by atoms with Gasteiger partial charge in [-0.2, -0.15) is 0 Å². The van der Waals surface area contributed by atoms with Gasteiger partial charge in [0.15, 0.2) is 0 Å². The zero-order valence-electron chi connectivity index (χ0n) is 7.02. The summed E-state index contributed by atoms with van der Waals surface area (Å²) in [5, 5.41) is -0.991. The monoisotopic (exact) mass is 165 g/mol. The van der Waals surface area contributed by atoms with Gasteiger partial charge in [0.05, 0.1) is 0 Å². The second-order valence-corrected chi connectivity index (χ2v) is 3.56. The third-order valence-electron chi connectivity index (χ3n) is 1.44. The smallest absolute Gasteiger partial charge is 0.137 e. The van der Waals surface area contributed by atoms with E-state index in [4.69, 9.17) is 0 Å². The molecular formula is C7H17FNP. The standard InChI is InChI=1S/C5H11FNP.C2H6/c1-7-3-2-5(6,8)4-7;1-2/h2-4,8H2,1H3;1-2H3. The maximum absolute atomic E-state index is 12.8. The van der Waals surface area contributed by atoms with Crippen LogP contribution < -0.4 is 0 Å². The molecule has 1 rings (SSSR count). The minimum Gasteiger partial charge on any atom is -0.303 e. The van der Waals surface area contributed by atoms with E-state index >= 15 is 0 Å². The number of nitrogens with zero attached hydrogens (tertiary/aromatic N) is 1.